The third kappa shape index (κ3) is 4.09. The van der Waals surface area contributed by atoms with Crippen LogP contribution in [0.2, 0.25) is 0 Å². The number of aryl methyl sites for hydroxylation is 1. The van der Waals surface area contributed by atoms with E-state index in [1.807, 2.05) is 25.3 Å². The Labute approximate surface area is 193 Å². The van der Waals surface area contributed by atoms with Crippen LogP contribution in [0.1, 0.15) is 40.1 Å². The van der Waals surface area contributed by atoms with Crippen molar-refractivity contribution in [2.24, 2.45) is 0 Å². The molecule has 5 rings (SSSR count). The van der Waals surface area contributed by atoms with Crippen molar-refractivity contribution in [3.63, 3.8) is 0 Å². The van der Waals surface area contributed by atoms with Crippen molar-refractivity contribution in [2.45, 2.75) is 44.4 Å². The number of rotatable bonds is 5. The van der Waals surface area contributed by atoms with E-state index in [0.29, 0.717) is 44.0 Å². The maximum atomic E-state index is 14.3. The highest BCUT2D eigenvalue weighted by Gasteiger charge is 2.51. The zero-order valence-corrected chi connectivity index (χ0v) is 19.3. The summed E-state index contributed by atoms with van der Waals surface area (Å²) < 4.78 is 55.2. The number of ether oxygens (including phenoxy) is 2. The number of piperidine rings is 1. The van der Waals surface area contributed by atoms with Gasteiger partial charge in [-0.1, -0.05) is 6.07 Å². The first-order chi connectivity index (χ1) is 15.8. The Morgan fingerprint density at radius 3 is 2.79 bits per heavy atom. The lowest BCUT2D eigenvalue weighted by molar-refractivity contribution is -0.182. The van der Waals surface area contributed by atoms with Gasteiger partial charge in [0.25, 0.3) is 5.92 Å². The highest BCUT2D eigenvalue weighted by molar-refractivity contribution is 7.10. The minimum Gasteiger partial charge on any atom is -0.380 e. The number of methoxy groups -OCH3 is 1. The Kier molecular flexibility index (Phi) is 5.80. The van der Waals surface area contributed by atoms with E-state index in [1.165, 1.54) is 0 Å². The molecule has 5 heterocycles. The van der Waals surface area contributed by atoms with Crippen LogP contribution in [0.15, 0.2) is 30.6 Å². The molecule has 0 amide bonds. The lowest BCUT2D eigenvalue weighted by atomic mass is 9.84. The van der Waals surface area contributed by atoms with Gasteiger partial charge in [0.2, 0.25) is 0 Å². The Morgan fingerprint density at radius 2 is 2.03 bits per heavy atom. The van der Waals surface area contributed by atoms with Crippen molar-refractivity contribution >= 4 is 11.3 Å². The second kappa shape index (κ2) is 8.50. The lowest BCUT2D eigenvalue weighted by Gasteiger charge is -2.45. The summed E-state index contributed by atoms with van der Waals surface area (Å²) >= 11 is 0.791. The van der Waals surface area contributed by atoms with Gasteiger partial charge in [0.1, 0.15) is 12.2 Å². The first kappa shape index (κ1) is 22.5. The molecule has 2 aliphatic rings. The van der Waals surface area contributed by atoms with Gasteiger partial charge in [-0.25, -0.2) is 9.67 Å². The zero-order chi connectivity index (χ0) is 23.2. The number of pyridine rings is 1. The van der Waals surface area contributed by atoms with Gasteiger partial charge in [-0.2, -0.15) is 18.3 Å². The van der Waals surface area contributed by atoms with Crippen molar-refractivity contribution < 1.29 is 22.6 Å². The summed E-state index contributed by atoms with van der Waals surface area (Å²) in [5, 5.41) is 4.06. The van der Waals surface area contributed by atoms with Gasteiger partial charge in [0, 0.05) is 60.7 Å². The number of fused-ring (bicyclic) bond motifs is 2. The van der Waals surface area contributed by atoms with Crippen molar-refractivity contribution in [3.05, 3.63) is 63.0 Å². The van der Waals surface area contributed by atoms with Gasteiger partial charge in [-0.3, -0.25) is 4.90 Å². The van der Waals surface area contributed by atoms with Gasteiger partial charge >= 0.3 is 0 Å². The summed E-state index contributed by atoms with van der Waals surface area (Å²) in [5.74, 6) is -2.41. The number of thiophene rings is 1. The minimum absolute atomic E-state index is 0.205. The Bertz CT molecular complexity index is 1150. The van der Waals surface area contributed by atoms with E-state index in [0.717, 1.165) is 40.0 Å². The SMILES string of the molecule is COCc1cccnc1-n1cc(CN2CCC3(CC2)OCC(F)(F)c2cc(F)sc23)c(C)n1. The largest absolute Gasteiger partial charge is 0.380 e. The highest BCUT2D eigenvalue weighted by Crippen LogP contribution is 2.51. The lowest BCUT2D eigenvalue weighted by Crippen LogP contribution is -2.48. The molecular formula is C23H25F3N4O2S. The van der Waals surface area contributed by atoms with Crippen LogP contribution in [0.5, 0.6) is 0 Å². The standard InChI is InChI=1S/C23H25F3N4O2S/c1-15-17(12-30(28-15)21-16(13-31-2)4-3-7-27-21)11-29-8-5-22(6-9-29)20-18(10-19(24)33-20)23(25,26)14-32-22/h3-4,7,10,12H,5-6,8-9,11,13-14H2,1-2H3. The molecule has 10 heteroatoms. The maximum absolute atomic E-state index is 14.3. The molecular weight excluding hydrogens is 453 g/mol. The monoisotopic (exact) mass is 478 g/mol. The first-order valence-electron chi connectivity index (χ1n) is 10.8. The summed E-state index contributed by atoms with van der Waals surface area (Å²) in [6.45, 7) is 3.70. The topological polar surface area (TPSA) is 52.4 Å². The molecule has 0 aliphatic carbocycles. The fourth-order valence-electron chi connectivity index (χ4n) is 4.69. The molecule has 1 saturated heterocycles. The fourth-order valence-corrected chi connectivity index (χ4v) is 5.83. The summed E-state index contributed by atoms with van der Waals surface area (Å²) in [4.78, 5) is 7.07. The van der Waals surface area contributed by atoms with Crippen molar-refractivity contribution in [1.82, 2.24) is 19.7 Å². The highest BCUT2D eigenvalue weighted by atomic mass is 32.1. The molecule has 1 fully saturated rings. The van der Waals surface area contributed by atoms with Crippen LogP contribution < -0.4 is 0 Å². The third-order valence-electron chi connectivity index (χ3n) is 6.48. The van der Waals surface area contributed by atoms with Gasteiger partial charge in [-0.15, -0.1) is 11.3 Å². The van der Waals surface area contributed by atoms with E-state index >= 15 is 0 Å². The van der Waals surface area contributed by atoms with Crippen molar-refractivity contribution in [3.8, 4) is 5.82 Å². The minimum atomic E-state index is -3.14. The number of aromatic nitrogens is 3. The quantitative estimate of drug-likeness (QED) is 0.539. The molecule has 0 bridgehead atoms. The van der Waals surface area contributed by atoms with E-state index in [4.69, 9.17) is 9.47 Å². The van der Waals surface area contributed by atoms with Gasteiger partial charge in [-0.05, 0) is 31.9 Å². The van der Waals surface area contributed by atoms with E-state index in [9.17, 15) is 13.2 Å². The van der Waals surface area contributed by atoms with Crippen LogP contribution >= 0.6 is 11.3 Å². The van der Waals surface area contributed by atoms with E-state index in [-0.39, 0.29) is 5.56 Å². The molecule has 33 heavy (non-hydrogen) atoms. The number of halogens is 3. The predicted molar refractivity (Wildman–Crippen MR) is 117 cm³/mol. The van der Waals surface area contributed by atoms with Crippen LogP contribution in [0.4, 0.5) is 13.2 Å². The summed E-state index contributed by atoms with van der Waals surface area (Å²) in [6.07, 6.45) is 4.79. The molecule has 0 aromatic carbocycles. The second-order valence-electron chi connectivity index (χ2n) is 8.66. The molecule has 6 nitrogen and oxygen atoms in total. The number of hydrogen-bond donors (Lipinski definition) is 0. The molecule has 0 N–H and O–H groups in total. The summed E-state index contributed by atoms with van der Waals surface area (Å²) in [6, 6.07) is 4.80. The average Bonchev–Trinajstić information content (AvgIpc) is 3.37. The number of hydrogen-bond acceptors (Lipinski definition) is 6. The normalized spacial score (nSPS) is 19.7. The van der Waals surface area contributed by atoms with E-state index in [1.54, 1.807) is 18.0 Å². The third-order valence-corrected chi connectivity index (χ3v) is 7.59. The molecule has 176 valence electrons. The zero-order valence-electron chi connectivity index (χ0n) is 18.5. The molecule has 0 radical (unpaired) electrons. The Balaban J connectivity index is 1.31. The predicted octanol–water partition coefficient (Wildman–Crippen LogP) is 4.54. The molecule has 0 atom stereocenters. The van der Waals surface area contributed by atoms with Crippen molar-refractivity contribution in [1.29, 1.82) is 0 Å². The van der Waals surface area contributed by atoms with E-state index in [2.05, 4.69) is 15.0 Å². The van der Waals surface area contributed by atoms with Crippen LogP contribution in [-0.4, -0.2) is 46.5 Å². The summed E-state index contributed by atoms with van der Waals surface area (Å²) in [5.41, 5.74) is 1.88. The molecule has 3 aromatic rings. The maximum Gasteiger partial charge on any atom is 0.297 e. The average molecular weight is 479 g/mol. The van der Waals surface area contributed by atoms with Crippen LogP contribution in [0.3, 0.4) is 0 Å². The van der Waals surface area contributed by atoms with Crippen LogP contribution in [0.25, 0.3) is 5.82 Å². The molecule has 3 aromatic heterocycles. The molecule has 0 saturated carbocycles. The fraction of sp³-hybridized carbons (Fsp3) is 0.478. The van der Waals surface area contributed by atoms with Gasteiger partial charge < -0.3 is 9.47 Å². The second-order valence-corrected chi connectivity index (χ2v) is 9.66. The summed E-state index contributed by atoms with van der Waals surface area (Å²) in [7, 11) is 1.64. The van der Waals surface area contributed by atoms with Gasteiger partial charge in [0.15, 0.2) is 10.9 Å². The number of likely N-dealkylation sites (tertiary alicyclic amines) is 1. The van der Waals surface area contributed by atoms with Crippen LogP contribution in [-0.2, 0) is 34.1 Å². The number of alkyl halides is 2. The molecule has 0 unspecified atom stereocenters. The van der Waals surface area contributed by atoms with Crippen molar-refractivity contribution in [2.75, 3.05) is 26.8 Å². The molecule has 1 spiro atoms. The van der Waals surface area contributed by atoms with Crippen LogP contribution in [0, 0.1) is 12.1 Å². The van der Waals surface area contributed by atoms with E-state index < -0.39 is 23.3 Å². The Hall–Kier alpha value is -2.27. The smallest absolute Gasteiger partial charge is 0.297 e. The number of nitrogens with zero attached hydrogens (tertiary/aromatic N) is 4. The Morgan fingerprint density at radius 1 is 1.24 bits per heavy atom. The van der Waals surface area contributed by atoms with Gasteiger partial charge in [0.05, 0.1) is 12.3 Å². The molecule has 2 aliphatic heterocycles. The first-order valence-corrected chi connectivity index (χ1v) is 11.7.